The summed E-state index contributed by atoms with van der Waals surface area (Å²) in [5, 5.41) is 0. The fourth-order valence-electron chi connectivity index (χ4n) is 0.998. The average Bonchev–Trinajstić information content (AvgIpc) is 2.04. The molecule has 0 bridgehead atoms. The summed E-state index contributed by atoms with van der Waals surface area (Å²) in [6.07, 6.45) is 0. The molecule has 0 spiro atoms. The van der Waals surface area contributed by atoms with Gasteiger partial charge in [-0.3, -0.25) is 0 Å². The zero-order valence-electron chi connectivity index (χ0n) is 7.57. The molecule has 0 fully saturated rings. The molecule has 0 nitrogen and oxygen atoms in total. The Hall–Kier alpha value is -0.710. The standard InChI is InChI=1S/C9H8F4S/c1-5-6(2)8(4-3-7(5)10)14-9(11,12)13/h3-4H,1-2H3. The smallest absolute Gasteiger partial charge is 0.207 e. The van der Waals surface area contributed by atoms with E-state index in [4.69, 9.17) is 0 Å². The van der Waals surface area contributed by atoms with Gasteiger partial charge in [0.25, 0.3) is 0 Å². The third kappa shape index (κ3) is 2.64. The minimum atomic E-state index is -4.32. The van der Waals surface area contributed by atoms with Crippen LogP contribution in [-0.4, -0.2) is 5.51 Å². The van der Waals surface area contributed by atoms with E-state index in [9.17, 15) is 17.6 Å². The fourth-order valence-corrected chi connectivity index (χ4v) is 1.69. The van der Waals surface area contributed by atoms with Crippen molar-refractivity contribution in [3.05, 3.63) is 29.1 Å². The largest absolute Gasteiger partial charge is 0.446 e. The molecule has 0 aliphatic heterocycles. The molecule has 0 saturated carbocycles. The van der Waals surface area contributed by atoms with E-state index in [-0.39, 0.29) is 22.2 Å². The normalized spacial score (nSPS) is 11.9. The van der Waals surface area contributed by atoms with Crippen LogP contribution in [0.4, 0.5) is 17.6 Å². The number of hydrogen-bond donors (Lipinski definition) is 0. The van der Waals surface area contributed by atoms with E-state index in [1.165, 1.54) is 13.8 Å². The van der Waals surface area contributed by atoms with Crippen molar-refractivity contribution in [1.82, 2.24) is 0 Å². The van der Waals surface area contributed by atoms with Crippen LogP contribution < -0.4 is 0 Å². The number of benzene rings is 1. The molecule has 1 aromatic rings. The summed E-state index contributed by atoms with van der Waals surface area (Å²) in [7, 11) is 0. The quantitative estimate of drug-likeness (QED) is 0.512. The lowest BCUT2D eigenvalue weighted by Crippen LogP contribution is -2.01. The molecule has 5 heteroatoms. The third-order valence-corrected chi connectivity index (χ3v) is 2.79. The summed E-state index contributed by atoms with van der Waals surface area (Å²) < 4.78 is 49.0. The highest BCUT2D eigenvalue weighted by Gasteiger charge is 2.30. The van der Waals surface area contributed by atoms with E-state index < -0.39 is 11.3 Å². The Bertz CT molecular complexity index is 343. The molecular weight excluding hydrogens is 216 g/mol. The highest BCUT2D eigenvalue weighted by molar-refractivity contribution is 8.00. The van der Waals surface area contributed by atoms with E-state index in [1.54, 1.807) is 0 Å². The van der Waals surface area contributed by atoms with Crippen LogP contribution in [0.25, 0.3) is 0 Å². The molecule has 78 valence electrons. The van der Waals surface area contributed by atoms with Gasteiger partial charge in [0.15, 0.2) is 0 Å². The van der Waals surface area contributed by atoms with Crippen LogP contribution in [0.2, 0.25) is 0 Å². The van der Waals surface area contributed by atoms with Crippen LogP contribution in [0.5, 0.6) is 0 Å². The van der Waals surface area contributed by atoms with Crippen molar-refractivity contribution in [2.24, 2.45) is 0 Å². The monoisotopic (exact) mass is 224 g/mol. The molecule has 0 amide bonds. The second-order valence-electron chi connectivity index (χ2n) is 2.84. The van der Waals surface area contributed by atoms with Crippen molar-refractivity contribution in [2.45, 2.75) is 24.3 Å². The Balaban J connectivity index is 3.06. The number of rotatable bonds is 1. The maximum Gasteiger partial charge on any atom is 0.446 e. The maximum atomic E-state index is 12.9. The first-order valence-corrected chi connectivity index (χ1v) is 4.64. The molecule has 0 aliphatic rings. The lowest BCUT2D eigenvalue weighted by atomic mass is 10.1. The molecule has 0 aliphatic carbocycles. The molecule has 0 N–H and O–H groups in total. The van der Waals surface area contributed by atoms with Gasteiger partial charge < -0.3 is 0 Å². The average molecular weight is 224 g/mol. The lowest BCUT2D eigenvalue weighted by Gasteiger charge is -2.10. The molecule has 0 heterocycles. The van der Waals surface area contributed by atoms with Crippen molar-refractivity contribution in [3.63, 3.8) is 0 Å². The van der Waals surface area contributed by atoms with Crippen LogP contribution in [0.3, 0.4) is 0 Å². The Kier molecular flexibility index (Phi) is 3.09. The summed E-state index contributed by atoms with van der Waals surface area (Å²) in [6.45, 7) is 2.94. The minimum Gasteiger partial charge on any atom is -0.207 e. The van der Waals surface area contributed by atoms with Crippen molar-refractivity contribution in [2.75, 3.05) is 0 Å². The first-order chi connectivity index (χ1) is 6.31. The SMILES string of the molecule is Cc1c(F)ccc(SC(F)(F)F)c1C. The summed E-state index contributed by atoms with van der Waals surface area (Å²) >= 11 is -0.216. The van der Waals surface area contributed by atoms with E-state index in [0.717, 1.165) is 12.1 Å². The van der Waals surface area contributed by atoms with Crippen LogP contribution in [-0.2, 0) is 0 Å². The molecule has 0 radical (unpaired) electrons. The van der Waals surface area contributed by atoms with Crippen LogP contribution in [0.1, 0.15) is 11.1 Å². The number of alkyl halides is 3. The zero-order chi connectivity index (χ0) is 10.9. The van der Waals surface area contributed by atoms with Crippen LogP contribution in [0, 0.1) is 19.7 Å². The van der Waals surface area contributed by atoms with E-state index >= 15 is 0 Å². The molecule has 1 rings (SSSR count). The predicted molar refractivity (Wildman–Crippen MR) is 47.8 cm³/mol. The van der Waals surface area contributed by atoms with Crippen LogP contribution >= 0.6 is 11.8 Å². The van der Waals surface area contributed by atoms with Gasteiger partial charge in [0.1, 0.15) is 5.82 Å². The fraction of sp³-hybridized carbons (Fsp3) is 0.333. The highest BCUT2D eigenvalue weighted by Crippen LogP contribution is 2.39. The van der Waals surface area contributed by atoms with Gasteiger partial charge in [-0.1, -0.05) is 0 Å². The molecule has 0 unspecified atom stereocenters. The first-order valence-electron chi connectivity index (χ1n) is 3.82. The third-order valence-electron chi connectivity index (χ3n) is 1.90. The van der Waals surface area contributed by atoms with Gasteiger partial charge in [-0.15, -0.1) is 0 Å². The summed E-state index contributed by atoms with van der Waals surface area (Å²) in [5.74, 6) is -0.478. The second kappa shape index (κ2) is 3.81. The number of thioether (sulfide) groups is 1. The number of halogens is 4. The van der Waals surface area contributed by atoms with Crippen molar-refractivity contribution in [3.8, 4) is 0 Å². The van der Waals surface area contributed by atoms with Gasteiger partial charge in [-0.2, -0.15) is 13.2 Å². The molecule has 14 heavy (non-hydrogen) atoms. The lowest BCUT2D eigenvalue weighted by molar-refractivity contribution is -0.0328. The van der Waals surface area contributed by atoms with Gasteiger partial charge in [-0.05, 0) is 48.9 Å². The van der Waals surface area contributed by atoms with E-state index in [1.807, 2.05) is 0 Å². The molecule has 0 saturated heterocycles. The van der Waals surface area contributed by atoms with E-state index in [2.05, 4.69) is 0 Å². The molecule has 1 aromatic carbocycles. The number of hydrogen-bond acceptors (Lipinski definition) is 1. The highest BCUT2D eigenvalue weighted by atomic mass is 32.2. The zero-order valence-corrected chi connectivity index (χ0v) is 8.39. The maximum absolute atomic E-state index is 12.9. The predicted octanol–water partition coefficient (Wildman–Crippen LogP) is 4.05. The first kappa shape index (κ1) is 11.4. The van der Waals surface area contributed by atoms with Crippen molar-refractivity contribution in [1.29, 1.82) is 0 Å². The van der Waals surface area contributed by atoms with Gasteiger partial charge >= 0.3 is 5.51 Å². The molecular formula is C9H8F4S. The van der Waals surface area contributed by atoms with Gasteiger partial charge in [0, 0.05) is 4.90 Å². The van der Waals surface area contributed by atoms with Gasteiger partial charge in [-0.25, -0.2) is 4.39 Å². The Morgan fingerprint density at radius 1 is 1.07 bits per heavy atom. The Morgan fingerprint density at radius 2 is 1.64 bits per heavy atom. The van der Waals surface area contributed by atoms with Crippen molar-refractivity contribution < 1.29 is 17.6 Å². The summed E-state index contributed by atoms with van der Waals surface area (Å²) in [6, 6.07) is 2.20. The van der Waals surface area contributed by atoms with Gasteiger partial charge in [0.05, 0.1) is 0 Å². The Morgan fingerprint density at radius 3 is 2.14 bits per heavy atom. The Labute approximate surface area is 83.3 Å². The summed E-state index contributed by atoms with van der Waals surface area (Å²) in [4.78, 5) is 0.0522. The van der Waals surface area contributed by atoms with Crippen LogP contribution in [0.15, 0.2) is 17.0 Å². The van der Waals surface area contributed by atoms with Crippen molar-refractivity contribution >= 4 is 11.8 Å². The van der Waals surface area contributed by atoms with E-state index in [0.29, 0.717) is 5.56 Å². The second-order valence-corrected chi connectivity index (χ2v) is 3.95. The topological polar surface area (TPSA) is 0 Å². The summed E-state index contributed by atoms with van der Waals surface area (Å²) in [5.41, 5.74) is -3.72. The molecule has 0 atom stereocenters. The molecule has 0 aromatic heterocycles. The van der Waals surface area contributed by atoms with Gasteiger partial charge in [0.2, 0.25) is 0 Å². The minimum absolute atomic E-state index is 0.0522.